The number of nitrogen functional groups attached to an aromatic ring is 1. The van der Waals surface area contributed by atoms with E-state index in [4.69, 9.17) is 5.73 Å². The molecule has 0 spiro atoms. The zero-order valence-electron chi connectivity index (χ0n) is 9.71. The van der Waals surface area contributed by atoms with Gasteiger partial charge >= 0.3 is 0 Å². The zero-order valence-corrected chi connectivity index (χ0v) is 9.71. The monoisotopic (exact) mass is 248 g/mol. The Hall–Kier alpha value is -2.44. The lowest BCUT2D eigenvalue weighted by Gasteiger charge is -2.31. The maximum atomic E-state index is 12.1. The van der Waals surface area contributed by atoms with Gasteiger partial charge in [-0.1, -0.05) is 6.07 Å². The number of hydrogen-bond acceptors (Lipinski definition) is 5. The molecule has 1 aliphatic rings. The molecule has 3 N–H and O–H groups in total. The van der Waals surface area contributed by atoms with Crippen LogP contribution >= 0.6 is 0 Å². The number of hydrogen-bond donors (Lipinski definition) is 2. The number of nitrogens with zero attached hydrogens (tertiary/aromatic N) is 2. The maximum absolute atomic E-state index is 12.1. The van der Waals surface area contributed by atoms with Crippen LogP contribution in [-0.4, -0.2) is 40.2 Å². The van der Waals surface area contributed by atoms with Crippen LogP contribution in [0.2, 0.25) is 0 Å². The first kappa shape index (κ1) is 12.0. The first-order chi connectivity index (χ1) is 8.49. The van der Waals surface area contributed by atoms with Crippen molar-refractivity contribution in [2.45, 2.75) is 13.0 Å². The minimum atomic E-state index is -0.710. The molecule has 1 fully saturated rings. The van der Waals surface area contributed by atoms with E-state index in [1.807, 2.05) is 0 Å². The molecule has 0 radical (unpaired) electrons. The molecule has 2 rings (SSSR count). The molecule has 3 amide bonds. The predicted octanol–water partition coefficient (Wildman–Crippen LogP) is -0.849. The van der Waals surface area contributed by atoms with E-state index in [9.17, 15) is 14.4 Å². The Morgan fingerprint density at radius 1 is 1.50 bits per heavy atom. The molecule has 7 nitrogen and oxygen atoms in total. The summed E-state index contributed by atoms with van der Waals surface area (Å²) in [6.07, 6.45) is 0. The van der Waals surface area contributed by atoms with Gasteiger partial charge in [0.05, 0.1) is 0 Å². The fourth-order valence-electron chi connectivity index (χ4n) is 1.68. The Kier molecular flexibility index (Phi) is 2.97. The third kappa shape index (κ3) is 2.15. The second kappa shape index (κ2) is 4.44. The van der Waals surface area contributed by atoms with Gasteiger partial charge in [0, 0.05) is 0 Å². The van der Waals surface area contributed by atoms with Crippen molar-refractivity contribution in [1.29, 1.82) is 0 Å². The van der Waals surface area contributed by atoms with Crippen molar-refractivity contribution in [2.24, 2.45) is 0 Å². The molecular weight excluding hydrogens is 236 g/mol. The first-order valence-corrected chi connectivity index (χ1v) is 5.36. The first-order valence-electron chi connectivity index (χ1n) is 5.36. The molecule has 2 heterocycles. The van der Waals surface area contributed by atoms with Crippen LogP contribution < -0.4 is 11.1 Å². The number of piperazine rings is 1. The number of nitrogens with one attached hydrogen (secondary N) is 1. The summed E-state index contributed by atoms with van der Waals surface area (Å²) in [7, 11) is 0. The molecule has 7 heteroatoms. The number of aromatic nitrogens is 1. The van der Waals surface area contributed by atoms with Gasteiger partial charge in [-0.25, -0.2) is 4.98 Å². The lowest BCUT2D eigenvalue weighted by atomic mass is 10.1. The average molecular weight is 248 g/mol. The van der Waals surface area contributed by atoms with E-state index in [0.29, 0.717) is 0 Å². The average Bonchev–Trinajstić information content (AvgIpc) is 2.33. The normalized spacial score (nSPS) is 19.6. The molecule has 1 aromatic rings. The summed E-state index contributed by atoms with van der Waals surface area (Å²) < 4.78 is 0. The van der Waals surface area contributed by atoms with E-state index in [2.05, 4.69) is 10.3 Å². The number of amides is 3. The van der Waals surface area contributed by atoms with Crippen LogP contribution in [0.15, 0.2) is 18.2 Å². The minimum Gasteiger partial charge on any atom is -0.384 e. The summed E-state index contributed by atoms with van der Waals surface area (Å²) in [6, 6.07) is 3.92. The van der Waals surface area contributed by atoms with E-state index in [-0.39, 0.29) is 18.1 Å². The van der Waals surface area contributed by atoms with Gasteiger partial charge in [-0.2, -0.15) is 0 Å². The molecule has 0 saturated carbocycles. The van der Waals surface area contributed by atoms with Gasteiger partial charge in [0.25, 0.3) is 5.91 Å². The molecular formula is C11H12N4O3. The molecule has 1 unspecified atom stereocenters. The van der Waals surface area contributed by atoms with Crippen LogP contribution in [0.1, 0.15) is 17.4 Å². The van der Waals surface area contributed by atoms with Crippen LogP contribution in [0, 0.1) is 0 Å². The molecule has 1 aromatic heterocycles. The number of carbonyl (C=O) groups excluding carboxylic acids is 3. The Morgan fingerprint density at radius 3 is 2.89 bits per heavy atom. The third-order valence-corrected chi connectivity index (χ3v) is 2.67. The number of carbonyl (C=O) groups is 3. The topological polar surface area (TPSA) is 105 Å². The fourth-order valence-corrected chi connectivity index (χ4v) is 1.68. The quantitative estimate of drug-likeness (QED) is 0.630. The zero-order chi connectivity index (χ0) is 13.3. The van der Waals surface area contributed by atoms with Crippen LogP contribution in [0.5, 0.6) is 0 Å². The summed E-state index contributed by atoms with van der Waals surface area (Å²) in [6.45, 7) is 1.38. The second-order valence-corrected chi connectivity index (χ2v) is 3.97. The summed E-state index contributed by atoms with van der Waals surface area (Å²) >= 11 is 0. The number of pyridine rings is 1. The van der Waals surface area contributed by atoms with Crippen molar-refractivity contribution >= 4 is 23.5 Å². The number of rotatable bonds is 1. The highest BCUT2D eigenvalue weighted by Gasteiger charge is 2.34. The SMILES string of the molecule is CC1C(=O)NC(=O)CN1C(=O)c1cccc(N)n1. The summed E-state index contributed by atoms with van der Waals surface area (Å²) in [5, 5.41) is 2.16. The van der Waals surface area contributed by atoms with Crippen molar-refractivity contribution in [3.63, 3.8) is 0 Å². The van der Waals surface area contributed by atoms with Gasteiger partial charge in [0.15, 0.2) is 0 Å². The molecule has 18 heavy (non-hydrogen) atoms. The molecule has 1 atom stereocenters. The molecule has 1 saturated heterocycles. The lowest BCUT2D eigenvalue weighted by molar-refractivity contribution is -0.138. The van der Waals surface area contributed by atoms with Crippen molar-refractivity contribution in [1.82, 2.24) is 15.2 Å². The Labute approximate surface area is 103 Å². The molecule has 0 aromatic carbocycles. The summed E-state index contributed by atoms with van der Waals surface area (Å²) in [4.78, 5) is 39.9. The van der Waals surface area contributed by atoms with Gasteiger partial charge in [-0.15, -0.1) is 0 Å². The standard InChI is InChI=1S/C11H12N4O3/c1-6-10(17)14-9(16)5-15(6)11(18)7-3-2-4-8(12)13-7/h2-4,6H,5H2,1H3,(H2,12,13)(H,14,16,17). The molecule has 1 aliphatic heterocycles. The van der Waals surface area contributed by atoms with Crippen LogP contribution in [0.4, 0.5) is 5.82 Å². The van der Waals surface area contributed by atoms with E-state index in [1.165, 1.54) is 11.0 Å². The van der Waals surface area contributed by atoms with E-state index < -0.39 is 23.8 Å². The largest absolute Gasteiger partial charge is 0.384 e. The Bertz CT molecular complexity index is 529. The van der Waals surface area contributed by atoms with Gasteiger partial charge in [0.1, 0.15) is 24.1 Å². The smallest absolute Gasteiger partial charge is 0.273 e. The van der Waals surface area contributed by atoms with Gasteiger partial charge in [0.2, 0.25) is 11.8 Å². The molecule has 94 valence electrons. The molecule has 0 aliphatic carbocycles. The van der Waals surface area contributed by atoms with Crippen LogP contribution in [-0.2, 0) is 9.59 Å². The third-order valence-electron chi connectivity index (χ3n) is 2.67. The van der Waals surface area contributed by atoms with Crippen LogP contribution in [0.3, 0.4) is 0 Å². The van der Waals surface area contributed by atoms with Crippen molar-refractivity contribution in [3.8, 4) is 0 Å². The Morgan fingerprint density at radius 2 is 2.22 bits per heavy atom. The van der Waals surface area contributed by atoms with E-state index in [1.54, 1.807) is 19.1 Å². The van der Waals surface area contributed by atoms with Crippen LogP contribution in [0.25, 0.3) is 0 Å². The number of nitrogens with two attached hydrogens (primary N) is 1. The van der Waals surface area contributed by atoms with E-state index >= 15 is 0 Å². The highest BCUT2D eigenvalue weighted by atomic mass is 16.2. The summed E-state index contributed by atoms with van der Waals surface area (Å²) in [5.74, 6) is -1.28. The second-order valence-electron chi connectivity index (χ2n) is 3.97. The molecule has 0 bridgehead atoms. The van der Waals surface area contributed by atoms with Gasteiger partial charge in [-0.05, 0) is 19.1 Å². The van der Waals surface area contributed by atoms with Gasteiger partial charge in [-0.3, -0.25) is 19.7 Å². The van der Waals surface area contributed by atoms with Crippen molar-refractivity contribution in [3.05, 3.63) is 23.9 Å². The fraction of sp³-hybridized carbons (Fsp3) is 0.273. The van der Waals surface area contributed by atoms with Crippen molar-refractivity contribution < 1.29 is 14.4 Å². The predicted molar refractivity (Wildman–Crippen MR) is 62.3 cm³/mol. The summed E-state index contributed by atoms with van der Waals surface area (Å²) in [5.41, 5.74) is 5.60. The number of anilines is 1. The van der Waals surface area contributed by atoms with E-state index in [0.717, 1.165) is 0 Å². The highest BCUT2D eigenvalue weighted by molar-refractivity contribution is 6.06. The highest BCUT2D eigenvalue weighted by Crippen LogP contribution is 2.11. The Balaban J connectivity index is 2.27. The maximum Gasteiger partial charge on any atom is 0.273 e. The van der Waals surface area contributed by atoms with Gasteiger partial charge < -0.3 is 10.6 Å². The van der Waals surface area contributed by atoms with Crippen molar-refractivity contribution in [2.75, 3.05) is 12.3 Å². The minimum absolute atomic E-state index is 0.115. The number of imide groups is 1. The lowest BCUT2D eigenvalue weighted by Crippen LogP contribution is -2.58.